The zero-order valence-electron chi connectivity index (χ0n) is 15.3. The first kappa shape index (κ1) is 21.1. The van der Waals surface area contributed by atoms with Crippen LogP contribution in [0.25, 0.3) is 0 Å². The van der Waals surface area contributed by atoms with Crippen LogP contribution in [0.3, 0.4) is 0 Å². The molecular weight excluding hydrogens is 388 g/mol. The van der Waals surface area contributed by atoms with Crippen molar-refractivity contribution in [2.24, 2.45) is 0 Å². The molecule has 0 saturated heterocycles. The lowest BCUT2D eigenvalue weighted by molar-refractivity contribution is -0.116. The number of benzene rings is 2. The van der Waals surface area contributed by atoms with Crippen LogP contribution in [0.15, 0.2) is 48.5 Å². The van der Waals surface area contributed by atoms with Gasteiger partial charge in [0.1, 0.15) is 5.75 Å². The SMILES string of the molecule is CCOc1ccc(NC(=O)CCCN(c2ccc(Cl)cc2)S(C)(=O)=O)cc1. The lowest BCUT2D eigenvalue weighted by Gasteiger charge is -2.22. The van der Waals surface area contributed by atoms with E-state index in [1.165, 1.54) is 4.31 Å². The third-order valence-electron chi connectivity index (χ3n) is 3.73. The molecule has 0 unspecified atom stereocenters. The van der Waals surface area contributed by atoms with Crippen molar-refractivity contribution in [2.45, 2.75) is 19.8 Å². The molecule has 6 nitrogen and oxygen atoms in total. The number of carbonyl (C=O) groups is 1. The van der Waals surface area contributed by atoms with Crippen molar-refractivity contribution in [1.29, 1.82) is 0 Å². The number of hydrogen-bond donors (Lipinski definition) is 1. The van der Waals surface area contributed by atoms with E-state index in [4.69, 9.17) is 16.3 Å². The third kappa shape index (κ3) is 6.77. The first-order chi connectivity index (χ1) is 12.8. The normalized spacial score (nSPS) is 11.1. The van der Waals surface area contributed by atoms with Gasteiger partial charge in [0.2, 0.25) is 15.9 Å². The third-order valence-corrected chi connectivity index (χ3v) is 5.18. The summed E-state index contributed by atoms with van der Waals surface area (Å²) in [7, 11) is -3.45. The van der Waals surface area contributed by atoms with Crippen molar-refractivity contribution in [1.82, 2.24) is 0 Å². The van der Waals surface area contributed by atoms with Crippen molar-refractivity contribution < 1.29 is 17.9 Å². The van der Waals surface area contributed by atoms with E-state index in [1.54, 1.807) is 48.5 Å². The number of rotatable bonds is 9. The Kier molecular flexibility index (Phi) is 7.50. The second-order valence-electron chi connectivity index (χ2n) is 5.92. The number of hydrogen-bond acceptors (Lipinski definition) is 4. The fraction of sp³-hybridized carbons (Fsp3) is 0.316. The van der Waals surface area contributed by atoms with Crippen LogP contribution in [0.1, 0.15) is 19.8 Å². The molecule has 2 rings (SSSR count). The smallest absolute Gasteiger partial charge is 0.232 e. The number of ether oxygens (including phenoxy) is 1. The van der Waals surface area contributed by atoms with Gasteiger partial charge >= 0.3 is 0 Å². The molecule has 27 heavy (non-hydrogen) atoms. The Bertz CT molecular complexity index is 852. The summed E-state index contributed by atoms with van der Waals surface area (Å²) < 4.78 is 30.7. The van der Waals surface area contributed by atoms with Crippen LogP contribution in [0.4, 0.5) is 11.4 Å². The lowest BCUT2D eigenvalue weighted by atomic mass is 10.2. The van der Waals surface area contributed by atoms with E-state index in [9.17, 15) is 13.2 Å². The predicted octanol–water partition coefficient (Wildman–Crippen LogP) is 3.92. The molecule has 0 bridgehead atoms. The van der Waals surface area contributed by atoms with Gasteiger partial charge in [0, 0.05) is 23.7 Å². The fourth-order valence-electron chi connectivity index (χ4n) is 2.50. The lowest BCUT2D eigenvalue weighted by Crippen LogP contribution is -2.31. The molecule has 0 aliphatic carbocycles. The molecule has 0 atom stereocenters. The average molecular weight is 411 g/mol. The zero-order valence-corrected chi connectivity index (χ0v) is 16.9. The van der Waals surface area contributed by atoms with Gasteiger partial charge in [-0.2, -0.15) is 0 Å². The summed E-state index contributed by atoms with van der Waals surface area (Å²) >= 11 is 5.85. The first-order valence-electron chi connectivity index (χ1n) is 8.55. The largest absolute Gasteiger partial charge is 0.494 e. The number of amides is 1. The van der Waals surface area contributed by atoms with E-state index in [-0.39, 0.29) is 18.9 Å². The molecule has 0 radical (unpaired) electrons. The van der Waals surface area contributed by atoms with Gasteiger partial charge in [0.15, 0.2) is 0 Å². The molecular formula is C19H23ClN2O4S. The number of carbonyl (C=O) groups excluding carboxylic acids is 1. The van der Waals surface area contributed by atoms with Gasteiger partial charge in [-0.3, -0.25) is 9.10 Å². The maximum atomic E-state index is 12.1. The number of anilines is 2. The van der Waals surface area contributed by atoms with E-state index in [0.717, 1.165) is 12.0 Å². The number of sulfonamides is 1. The monoisotopic (exact) mass is 410 g/mol. The molecule has 0 aromatic heterocycles. The molecule has 2 aromatic carbocycles. The minimum Gasteiger partial charge on any atom is -0.494 e. The minimum absolute atomic E-state index is 0.177. The van der Waals surface area contributed by atoms with Crippen LogP contribution in [-0.4, -0.2) is 33.7 Å². The highest BCUT2D eigenvalue weighted by Gasteiger charge is 2.17. The zero-order chi connectivity index (χ0) is 19.9. The molecule has 0 spiro atoms. The van der Waals surface area contributed by atoms with E-state index >= 15 is 0 Å². The Morgan fingerprint density at radius 1 is 1.11 bits per heavy atom. The Labute approximate surface area is 165 Å². The van der Waals surface area contributed by atoms with Gasteiger partial charge < -0.3 is 10.1 Å². The van der Waals surface area contributed by atoms with Crippen molar-refractivity contribution in [3.05, 3.63) is 53.6 Å². The highest BCUT2D eigenvalue weighted by atomic mass is 35.5. The summed E-state index contributed by atoms with van der Waals surface area (Å²) in [6.45, 7) is 2.69. The summed E-state index contributed by atoms with van der Waals surface area (Å²) in [5.41, 5.74) is 1.19. The van der Waals surface area contributed by atoms with Crippen molar-refractivity contribution in [3.63, 3.8) is 0 Å². The Balaban J connectivity index is 1.90. The highest BCUT2D eigenvalue weighted by molar-refractivity contribution is 7.92. The highest BCUT2D eigenvalue weighted by Crippen LogP contribution is 2.21. The molecule has 0 heterocycles. The van der Waals surface area contributed by atoms with Gasteiger partial charge in [-0.05, 0) is 61.9 Å². The Morgan fingerprint density at radius 2 is 1.74 bits per heavy atom. The average Bonchev–Trinajstić information content (AvgIpc) is 2.61. The molecule has 0 fully saturated rings. The molecule has 0 saturated carbocycles. The van der Waals surface area contributed by atoms with E-state index < -0.39 is 10.0 Å². The molecule has 2 aromatic rings. The quantitative estimate of drug-likeness (QED) is 0.679. The van der Waals surface area contributed by atoms with Crippen molar-refractivity contribution in [3.8, 4) is 5.75 Å². The van der Waals surface area contributed by atoms with Gasteiger partial charge in [0.05, 0.1) is 18.6 Å². The Morgan fingerprint density at radius 3 is 2.30 bits per heavy atom. The predicted molar refractivity (Wildman–Crippen MR) is 109 cm³/mol. The van der Waals surface area contributed by atoms with Crippen LogP contribution in [-0.2, 0) is 14.8 Å². The van der Waals surface area contributed by atoms with Crippen LogP contribution < -0.4 is 14.4 Å². The van der Waals surface area contributed by atoms with E-state index in [0.29, 0.717) is 29.4 Å². The van der Waals surface area contributed by atoms with Crippen LogP contribution in [0.2, 0.25) is 5.02 Å². The van der Waals surface area contributed by atoms with Gasteiger partial charge in [-0.15, -0.1) is 0 Å². The van der Waals surface area contributed by atoms with Crippen molar-refractivity contribution >= 4 is 38.9 Å². The maximum Gasteiger partial charge on any atom is 0.232 e. The Hall–Kier alpha value is -2.25. The molecule has 146 valence electrons. The topological polar surface area (TPSA) is 75.7 Å². The van der Waals surface area contributed by atoms with Crippen molar-refractivity contribution in [2.75, 3.05) is 29.0 Å². The summed E-state index contributed by atoms with van der Waals surface area (Å²) in [6, 6.07) is 13.6. The van der Waals surface area contributed by atoms with Gasteiger partial charge in [0.25, 0.3) is 0 Å². The number of halogens is 1. The number of nitrogens with zero attached hydrogens (tertiary/aromatic N) is 1. The summed E-state index contributed by atoms with van der Waals surface area (Å²) in [4.78, 5) is 12.1. The van der Waals surface area contributed by atoms with Crippen LogP contribution in [0.5, 0.6) is 5.75 Å². The summed E-state index contributed by atoms with van der Waals surface area (Å²) in [5.74, 6) is 0.561. The van der Waals surface area contributed by atoms with Gasteiger partial charge in [-0.1, -0.05) is 11.6 Å². The summed E-state index contributed by atoms with van der Waals surface area (Å²) in [6.07, 6.45) is 1.73. The standard InChI is InChI=1S/C19H23ClN2O4S/c1-3-26-18-12-8-16(9-13-18)21-19(23)5-4-14-22(27(2,24)25)17-10-6-15(20)7-11-17/h6-13H,3-5,14H2,1-2H3,(H,21,23). The minimum atomic E-state index is -3.45. The van der Waals surface area contributed by atoms with E-state index in [2.05, 4.69) is 5.32 Å². The molecule has 1 N–H and O–H groups in total. The fourth-order valence-corrected chi connectivity index (χ4v) is 3.59. The second-order valence-corrected chi connectivity index (χ2v) is 8.26. The second kappa shape index (κ2) is 9.62. The molecule has 0 aliphatic heterocycles. The molecule has 1 amide bonds. The van der Waals surface area contributed by atoms with Crippen LogP contribution >= 0.6 is 11.6 Å². The molecule has 8 heteroatoms. The molecule has 0 aliphatic rings. The number of nitrogens with one attached hydrogen (secondary N) is 1. The van der Waals surface area contributed by atoms with E-state index in [1.807, 2.05) is 6.92 Å². The first-order valence-corrected chi connectivity index (χ1v) is 10.8. The summed E-state index contributed by atoms with van der Waals surface area (Å²) in [5, 5.41) is 3.32. The maximum absolute atomic E-state index is 12.1. The van der Waals surface area contributed by atoms with Gasteiger partial charge in [-0.25, -0.2) is 8.42 Å². The van der Waals surface area contributed by atoms with Crippen LogP contribution in [0, 0.1) is 0 Å².